The molecule has 3 heterocycles. The zero-order valence-electron chi connectivity index (χ0n) is 12.3. The molecule has 0 amide bonds. The van der Waals surface area contributed by atoms with Gasteiger partial charge in [0.25, 0.3) is 0 Å². The molecule has 0 aliphatic carbocycles. The fourth-order valence-corrected chi connectivity index (χ4v) is 3.63. The highest BCUT2D eigenvalue weighted by Gasteiger charge is 2.23. The normalized spacial score (nSPS) is 25.7. The number of hydrogen-bond donors (Lipinski definition) is 0. The second-order valence-corrected chi connectivity index (χ2v) is 6.39. The highest BCUT2D eigenvalue weighted by Crippen LogP contribution is 2.23. The van der Waals surface area contributed by atoms with Crippen LogP contribution in [0.5, 0.6) is 0 Å². The molecule has 2 fully saturated rings. The first-order valence-corrected chi connectivity index (χ1v) is 8.09. The van der Waals surface area contributed by atoms with E-state index in [0.29, 0.717) is 0 Å². The molecule has 20 heavy (non-hydrogen) atoms. The van der Waals surface area contributed by atoms with Gasteiger partial charge in [0.15, 0.2) is 0 Å². The van der Waals surface area contributed by atoms with E-state index >= 15 is 0 Å². The predicted molar refractivity (Wildman–Crippen MR) is 80.6 cm³/mol. The van der Waals surface area contributed by atoms with Crippen molar-refractivity contribution in [3.63, 3.8) is 0 Å². The van der Waals surface area contributed by atoms with Crippen LogP contribution in [-0.4, -0.2) is 42.7 Å². The molecule has 1 aromatic rings. The van der Waals surface area contributed by atoms with Crippen molar-refractivity contribution in [3.05, 3.63) is 30.1 Å². The molecule has 0 N–H and O–H groups in total. The fourth-order valence-electron chi connectivity index (χ4n) is 3.63. The van der Waals surface area contributed by atoms with Gasteiger partial charge in [0.05, 0.1) is 0 Å². The van der Waals surface area contributed by atoms with E-state index in [1.165, 1.54) is 57.3 Å². The molecule has 3 nitrogen and oxygen atoms in total. The van der Waals surface area contributed by atoms with Crippen LogP contribution < -0.4 is 0 Å². The van der Waals surface area contributed by atoms with Crippen molar-refractivity contribution in [3.8, 4) is 0 Å². The summed E-state index contributed by atoms with van der Waals surface area (Å²) in [6.07, 6.45) is 10.3. The molecule has 3 rings (SSSR count). The van der Waals surface area contributed by atoms with Crippen molar-refractivity contribution in [1.82, 2.24) is 9.88 Å². The van der Waals surface area contributed by atoms with E-state index < -0.39 is 0 Å². The van der Waals surface area contributed by atoms with Crippen molar-refractivity contribution in [2.75, 3.05) is 32.8 Å². The topological polar surface area (TPSA) is 25.4 Å². The summed E-state index contributed by atoms with van der Waals surface area (Å²) in [4.78, 5) is 6.93. The van der Waals surface area contributed by atoms with Gasteiger partial charge in [-0.25, -0.2) is 0 Å². The molecule has 0 saturated carbocycles. The van der Waals surface area contributed by atoms with Crippen molar-refractivity contribution in [1.29, 1.82) is 0 Å². The molecule has 0 aromatic carbocycles. The first-order chi connectivity index (χ1) is 9.90. The van der Waals surface area contributed by atoms with Gasteiger partial charge in [-0.3, -0.25) is 4.98 Å². The number of nitrogens with zero attached hydrogens (tertiary/aromatic N) is 2. The van der Waals surface area contributed by atoms with Gasteiger partial charge < -0.3 is 9.64 Å². The summed E-state index contributed by atoms with van der Waals surface area (Å²) < 4.78 is 5.46. The first-order valence-electron chi connectivity index (χ1n) is 8.09. The van der Waals surface area contributed by atoms with Gasteiger partial charge in [0.1, 0.15) is 0 Å². The second kappa shape index (κ2) is 7.19. The molecular weight excluding hydrogens is 248 g/mol. The number of pyridine rings is 1. The maximum atomic E-state index is 5.46. The largest absolute Gasteiger partial charge is 0.381 e. The number of hydrogen-bond acceptors (Lipinski definition) is 3. The van der Waals surface area contributed by atoms with Gasteiger partial charge in [-0.1, -0.05) is 6.07 Å². The Morgan fingerprint density at radius 1 is 1.20 bits per heavy atom. The minimum Gasteiger partial charge on any atom is -0.381 e. The molecule has 110 valence electrons. The molecule has 2 aliphatic heterocycles. The van der Waals surface area contributed by atoms with Crippen LogP contribution in [0.1, 0.15) is 31.2 Å². The molecule has 0 spiro atoms. The van der Waals surface area contributed by atoms with Gasteiger partial charge in [-0.05, 0) is 62.1 Å². The van der Waals surface area contributed by atoms with Gasteiger partial charge in [-0.15, -0.1) is 0 Å². The van der Waals surface area contributed by atoms with Crippen LogP contribution >= 0.6 is 0 Å². The summed E-state index contributed by atoms with van der Waals surface area (Å²) in [5.74, 6) is 1.67. The lowest BCUT2D eigenvalue weighted by Gasteiger charge is -2.36. The number of rotatable bonds is 4. The van der Waals surface area contributed by atoms with E-state index in [2.05, 4.69) is 22.0 Å². The Balaban J connectivity index is 1.48. The van der Waals surface area contributed by atoms with Crippen LogP contribution in [0.15, 0.2) is 24.5 Å². The van der Waals surface area contributed by atoms with Crippen molar-refractivity contribution >= 4 is 0 Å². The Labute approximate surface area is 122 Å². The summed E-state index contributed by atoms with van der Waals surface area (Å²) in [5.41, 5.74) is 1.39. The third kappa shape index (κ3) is 4.03. The smallest absolute Gasteiger partial charge is 0.0469 e. The SMILES string of the molecule is c1cncc(C[C@H]2CCCN(CC3CCOCC3)C2)c1. The molecule has 1 atom stereocenters. The van der Waals surface area contributed by atoms with Crippen LogP contribution in [0.2, 0.25) is 0 Å². The van der Waals surface area contributed by atoms with Crippen LogP contribution in [0.4, 0.5) is 0 Å². The maximum Gasteiger partial charge on any atom is 0.0469 e. The molecule has 0 radical (unpaired) electrons. The molecule has 3 heteroatoms. The quantitative estimate of drug-likeness (QED) is 0.844. The van der Waals surface area contributed by atoms with E-state index in [-0.39, 0.29) is 0 Å². The molecule has 2 aliphatic rings. The van der Waals surface area contributed by atoms with Gasteiger partial charge in [0.2, 0.25) is 0 Å². The minimum atomic E-state index is 0.813. The highest BCUT2D eigenvalue weighted by molar-refractivity contribution is 5.09. The monoisotopic (exact) mass is 274 g/mol. The van der Waals surface area contributed by atoms with Gasteiger partial charge >= 0.3 is 0 Å². The summed E-state index contributed by atoms with van der Waals surface area (Å²) in [7, 11) is 0. The van der Waals surface area contributed by atoms with Crippen molar-refractivity contribution in [2.24, 2.45) is 11.8 Å². The molecule has 0 unspecified atom stereocenters. The average Bonchev–Trinajstić information content (AvgIpc) is 2.50. The minimum absolute atomic E-state index is 0.813. The number of likely N-dealkylation sites (tertiary alicyclic amines) is 1. The van der Waals surface area contributed by atoms with Crippen LogP contribution in [0.3, 0.4) is 0 Å². The van der Waals surface area contributed by atoms with Crippen LogP contribution in [0.25, 0.3) is 0 Å². The Morgan fingerprint density at radius 2 is 2.10 bits per heavy atom. The van der Waals surface area contributed by atoms with Gasteiger partial charge in [0, 0.05) is 38.7 Å². The first kappa shape index (κ1) is 14.0. The summed E-state index contributed by atoms with van der Waals surface area (Å²) in [5, 5.41) is 0. The predicted octanol–water partition coefficient (Wildman–Crippen LogP) is 2.76. The lowest BCUT2D eigenvalue weighted by molar-refractivity contribution is 0.0452. The van der Waals surface area contributed by atoms with E-state index in [1.54, 1.807) is 0 Å². The molecular formula is C17H26N2O. The Morgan fingerprint density at radius 3 is 2.90 bits per heavy atom. The second-order valence-electron chi connectivity index (χ2n) is 6.39. The van der Waals surface area contributed by atoms with E-state index in [4.69, 9.17) is 4.74 Å². The zero-order chi connectivity index (χ0) is 13.6. The van der Waals surface area contributed by atoms with Crippen molar-refractivity contribution in [2.45, 2.75) is 32.1 Å². The number of aromatic nitrogens is 1. The van der Waals surface area contributed by atoms with Gasteiger partial charge in [-0.2, -0.15) is 0 Å². The third-order valence-corrected chi connectivity index (χ3v) is 4.71. The zero-order valence-corrected chi connectivity index (χ0v) is 12.3. The van der Waals surface area contributed by atoms with E-state index in [9.17, 15) is 0 Å². The Hall–Kier alpha value is -0.930. The standard InChI is InChI=1S/C17H26N2O/c1-3-16(12-18-7-1)11-17-4-2-8-19(14-17)13-15-5-9-20-10-6-15/h1,3,7,12,15,17H,2,4-6,8-11,13-14H2/t17-/m1/s1. The Bertz CT molecular complexity index is 389. The third-order valence-electron chi connectivity index (χ3n) is 4.71. The molecule has 1 aromatic heterocycles. The molecule has 0 bridgehead atoms. The molecule has 2 saturated heterocycles. The number of ether oxygens (including phenoxy) is 1. The van der Waals surface area contributed by atoms with E-state index in [1.807, 2.05) is 12.4 Å². The average molecular weight is 274 g/mol. The lowest BCUT2D eigenvalue weighted by atomic mass is 9.90. The van der Waals surface area contributed by atoms with Crippen LogP contribution in [0, 0.1) is 11.8 Å². The van der Waals surface area contributed by atoms with Crippen LogP contribution in [-0.2, 0) is 11.2 Å². The van der Waals surface area contributed by atoms with E-state index in [0.717, 1.165) is 25.0 Å². The summed E-state index contributed by atoms with van der Waals surface area (Å²) >= 11 is 0. The summed E-state index contributed by atoms with van der Waals surface area (Å²) in [6.45, 7) is 5.79. The maximum absolute atomic E-state index is 5.46. The lowest BCUT2D eigenvalue weighted by Crippen LogP contribution is -2.40. The fraction of sp³-hybridized carbons (Fsp3) is 0.706. The summed E-state index contributed by atoms with van der Waals surface area (Å²) in [6, 6.07) is 4.27. The Kier molecular flexibility index (Phi) is 5.04. The number of piperidine rings is 1. The van der Waals surface area contributed by atoms with Crippen molar-refractivity contribution < 1.29 is 4.74 Å². The highest BCUT2D eigenvalue weighted by atomic mass is 16.5.